The lowest BCUT2D eigenvalue weighted by atomic mass is 10.0. The van der Waals surface area contributed by atoms with Crippen LogP contribution in [0.5, 0.6) is 0 Å². The number of allylic oxidation sites excluding steroid dienone is 6. The van der Waals surface area contributed by atoms with Gasteiger partial charge in [-0.2, -0.15) is 18.3 Å². The molecule has 35 heavy (non-hydrogen) atoms. The molecule has 0 saturated heterocycles. The maximum atomic E-state index is 14.8. The first-order chi connectivity index (χ1) is 16.6. The summed E-state index contributed by atoms with van der Waals surface area (Å²) in [5.74, 6) is -0.0338. The second-order valence-corrected chi connectivity index (χ2v) is 9.09. The number of aliphatic imine (C=N–C) groups is 1. The van der Waals surface area contributed by atoms with Crippen LogP contribution in [0.4, 0.5) is 17.6 Å². The number of amidine groups is 1. The van der Waals surface area contributed by atoms with Gasteiger partial charge in [0, 0.05) is 24.7 Å². The van der Waals surface area contributed by atoms with E-state index in [2.05, 4.69) is 24.6 Å². The van der Waals surface area contributed by atoms with Crippen LogP contribution in [0.1, 0.15) is 61.7 Å². The maximum Gasteiger partial charge on any atom is 0.416 e. The van der Waals surface area contributed by atoms with Crippen molar-refractivity contribution in [3.8, 4) is 0 Å². The minimum absolute atomic E-state index is 0.167. The van der Waals surface area contributed by atoms with Gasteiger partial charge in [0.25, 0.3) is 0 Å². The van der Waals surface area contributed by atoms with E-state index in [4.69, 9.17) is 0 Å². The fourth-order valence-electron chi connectivity index (χ4n) is 4.14. The highest BCUT2D eigenvalue weighted by molar-refractivity contribution is 7.27. The van der Waals surface area contributed by atoms with Crippen molar-refractivity contribution in [1.82, 2.24) is 15.1 Å². The number of halogens is 4. The molecular weight excluding hydrogens is 475 g/mol. The third-order valence-corrected chi connectivity index (χ3v) is 6.28. The summed E-state index contributed by atoms with van der Waals surface area (Å²) in [4.78, 5) is 4.45. The van der Waals surface area contributed by atoms with E-state index in [1.807, 2.05) is 25.1 Å². The molecule has 0 bridgehead atoms. The van der Waals surface area contributed by atoms with E-state index in [9.17, 15) is 17.6 Å². The van der Waals surface area contributed by atoms with E-state index >= 15 is 0 Å². The molecule has 1 aromatic carbocycles. The topological polar surface area (TPSA) is 42.2 Å². The molecule has 2 atom stereocenters. The molecule has 2 heterocycles. The summed E-state index contributed by atoms with van der Waals surface area (Å²) in [5, 5.41) is 9.01. The molecule has 1 N–H and O–H groups in total. The van der Waals surface area contributed by atoms with Gasteiger partial charge in [-0.25, -0.2) is 4.39 Å². The van der Waals surface area contributed by atoms with Gasteiger partial charge >= 0.3 is 6.18 Å². The van der Waals surface area contributed by atoms with Gasteiger partial charge in [0.05, 0.1) is 23.0 Å². The Hall–Kier alpha value is -2.73. The standard InChI is InChI=1S/C26H31F4N4P/c1-5-8-17(26(28,29)30)13-20(21(27)6-2)23-15-24-22(9-7-12-34(24)33-23)32-25(31-4)19-14-18(35)11-10-16(19)3/h6,8,10-11,13-15,22H,5,7,9,12,35H2,1-4H3,(H,31,32)/b17-8-,20-13+,21-6+. The Morgan fingerprint density at radius 1 is 1.31 bits per heavy atom. The fraction of sp³-hybridized carbons (Fsp3) is 0.385. The van der Waals surface area contributed by atoms with Crippen LogP contribution in [0, 0.1) is 6.92 Å². The molecule has 1 aliphatic rings. The zero-order chi connectivity index (χ0) is 25.8. The van der Waals surface area contributed by atoms with Gasteiger partial charge < -0.3 is 5.32 Å². The highest BCUT2D eigenvalue weighted by Gasteiger charge is 2.33. The number of aryl methyl sites for hydroxylation is 2. The fourth-order valence-corrected chi connectivity index (χ4v) is 4.40. The van der Waals surface area contributed by atoms with Gasteiger partial charge in [0.1, 0.15) is 11.7 Å². The monoisotopic (exact) mass is 506 g/mol. The van der Waals surface area contributed by atoms with Crippen LogP contribution in [0.3, 0.4) is 0 Å². The maximum absolute atomic E-state index is 14.8. The average molecular weight is 507 g/mol. The van der Waals surface area contributed by atoms with E-state index in [1.54, 1.807) is 24.7 Å². The first kappa shape index (κ1) is 26.9. The van der Waals surface area contributed by atoms with E-state index in [1.165, 1.54) is 6.92 Å². The number of hydrogen-bond donors (Lipinski definition) is 1. The van der Waals surface area contributed by atoms with Crippen molar-refractivity contribution < 1.29 is 17.6 Å². The number of nitrogens with zero attached hydrogens (tertiary/aromatic N) is 3. The minimum atomic E-state index is -4.59. The van der Waals surface area contributed by atoms with Crippen LogP contribution in [0.25, 0.3) is 5.57 Å². The van der Waals surface area contributed by atoms with Gasteiger partial charge in [0.2, 0.25) is 0 Å². The molecule has 0 fully saturated rings. The number of benzene rings is 1. The lowest BCUT2D eigenvalue weighted by Crippen LogP contribution is -2.34. The zero-order valence-corrected chi connectivity index (χ0v) is 21.5. The summed E-state index contributed by atoms with van der Waals surface area (Å²) in [6, 6.07) is 7.57. The van der Waals surface area contributed by atoms with Crippen LogP contribution in [-0.4, -0.2) is 28.8 Å². The van der Waals surface area contributed by atoms with Crippen molar-refractivity contribution in [1.29, 1.82) is 0 Å². The molecule has 1 aromatic heterocycles. The average Bonchev–Trinajstić information content (AvgIpc) is 3.25. The van der Waals surface area contributed by atoms with Crippen molar-refractivity contribution in [3.63, 3.8) is 0 Å². The summed E-state index contributed by atoms with van der Waals surface area (Å²) in [5.41, 5.74) is 1.93. The smallest absolute Gasteiger partial charge is 0.362 e. The first-order valence-corrected chi connectivity index (χ1v) is 12.2. The number of nitrogens with one attached hydrogen (secondary N) is 1. The Bertz CT molecular complexity index is 1190. The SMILES string of the molecule is C\C=C(F)/C(=C\C(=C\CC)C(F)(F)F)c1cc2n(n1)CCCC2NC(=NC)c1cc(P)ccc1C. The van der Waals surface area contributed by atoms with Crippen LogP contribution in [-0.2, 0) is 6.54 Å². The second-order valence-electron chi connectivity index (χ2n) is 8.42. The van der Waals surface area contributed by atoms with E-state index < -0.39 is 17.6 Å². The molecule has 188 valence electrons. The van der Waals surface area contributed by atoms with E-state index in [-0.39, 0.29) is 23.7 Å². The van der Waals surface area contributed by atoms with Gasteiger partial charge in [-0.3, -0.25) is 9.67 Å². The number of fused-ring (bicyclic) bond motifs is 1. The van der Waals surface area contributed by atoms with Gasteiger partial charge in [-0.05, 0) is 62.2 Å². The molecule has 3 rings (SSSR count). The minimum Gasteiger partial charge on any atom is -0.362 e. The van der Waals surface area contributed by atoms with Crippen molar-refractivity contribution in [2.24, 2.45) is 4.99 Å². The largest absolute Gasteiger partial charge is 0.416 e. The summed E-state index contributed by atoms with van der Waals surface area (Å²) < 4.78 is 57.2. The third-order valence-electron chi connectivity index (χ3n) is 5.92. The number of hydrogen-bond acceptors (Lipinski definition) is 2. The Morgan fingerprint density at radius 3 is 2.69 bits per heavy atom. The van der Waals surface area contributed by atoms with Crippen LogP contribution in [0.2, 0.25) is 0 Å². The highest BCUT2D eigenvalue weighted by Crippen LogP contribution is 2.35. The second kappa shape index (κ2) is 11.3. The lowest BCUT2D eigenvalue weighted by molar-refractivity contribution is -0.0883. The zero-order valence-electron chi connectivity index (χ0n) is 20.4. The molecular formula is C26H31F4N4P. The van der Waals surface area contributed by atoms with Crippen LogP contribution >= 0.6 is 9.24 Å². The molecule has 2 aromatic rings. The number of alkyl halides is 3. The number of rotatable bonds is 6. The Morgan fingerprint density at radius 2 is 2.06 bits per heavy atom. The van der Waals surface area contributed by atoms with Crippen LogP contribution in [0.15, 0.2) is 58.9 Å². The van der Waals surface area contributed by atoms with Crippen molar-refractivity contribution >= 4 is 26.0 Å². The predicted molar refractivity (Wildman–Crippen MR) is 138 cm³/mol. The van der Waals surface area contributed by atoms with Gasteiger partial charge in [-0.15, -0.1) is 9.24 Å². The quantitative estimate of drug-likeness (QED) is 0.163. The normalized spacial score (nSPS) is 18.0. The van der Waals surface area contributed by atoms with E-state index in [0.717, 1.165) is 53.2 Å². The predicted octanol–water partition coefficient (Wildman–Crippen LogP) is 6.35. The lowest BCUT2D eigenvalue weighted by Gasteiger charge is -2.26. The van der Waals surface area contributed by atoms with Crippen molar-refractivity contribution in [3.05, 3.63) is 76.4 Å². The molecule has 4 nitrogen and oxygen atoms in total. The third kappa shape index (κ3) is 6.29. The molecule has 0 saturated carbocycles. The Labute approximate surface area is 206 Å². The summed E-state index contributed by atoms with van der Waals surface area (Å²) in [6.45, 7) is 5.67. The molecule has 2 unspecified atom stereocenters. The van der Waals surface area contributed by atoms with E-state index in [0.29, 0.717) is 12.4 Å². The van der Waals surface area contributed by atoms with Crippen molar-refractivity contribution in [2.45, 2.75) is 58.8 Å². The molecule has 9 heteroatoms. The summed E-state index contributed by atoms with van der Waals surface area (Å²) in [6.07, 6.45) is 0.254. The summed E-state index contributed by atoms with van der Waals surface area (Å²) in [7, 11) is 4.39. The number of aromatic nitrogens is 2. The van der Waals surface area contributed by atoms with Gasteiger partial charge in [-0.1, -0.05) is 31.2 Å². The van der Waals surface area contributed by atoms with Gasteiger partial charge in [0.15, 0.2) is 0 Å². The molecule has 0 spiro atoms. The van der Waals surface area contributed by atoms with Crippen LogP contribution < -0.4 is 10.6 Å². The van der Waals surface area contributed by atoms with Crippen molar-refractivity contribution in [2.75, 3.05) is 7.05 Å². The highest BCUT2D eigenvalue weighted by atomic mass is 31.0. The molecule has 1 aliphatic heterocycles. The molecule has 0 radical (unpaired) electrons. The molecule has 0 aliphatic carbocycles. The first-order valence-electron chi connectivity index (χ1n) is 11.6. The Kier molecular flexibility index (Phi) is 8.70. The summed E-state index contributed by atoms with van der Waals surface area (Å²) >= 11 is 0. The Balaban J connectivity index is 2.02. The molecule has 0 amide bonds.